The molecule has 3 heteroatoms. The van der Waals surface area contributed by atoms with Crippen molar-refractivity contribution >= 4 is 29.0 Å². The molecule has 0 saturated heterocycles. The second-order valence-corrected chi connectivity index (χ2v) is 3.89. The zero-order chi connectivity index (χ0) is 8.27. The first-order valence-corrected chi connectivity index (χ1v) is 4.62. The molecule has 0 radical (unpaired) electrons. The summed E-state index contributed by atoms with van der Waals surface area (Å²) in [5, 5.41) is 1.96. The molecule has 1 aromatic heterocycles. The Morgan fingerprint density at radius 3 is 2.91 bits per heavy atom. The number of hydrogen-bond donors (Lipinski definition) is 1. The topological polar surface area (TPSA) is 26.0 Å². The van der Waals surface area contributed by atoms with Crippen LogP contribution >= 0.6 is 22.9 Å². The Kier molecular flexibility index (Phi) is 3.12. The van der Waals surface area contributed by atoms with Crippen molar-refractivity contribution in [2.75, 3.05) is 0 Å². The van der Waals surface area contributed by atoms with Gasteiger partial charge in [-0.05, 0) is 18.4 Å². The number of thiophene rings is 1. The van der Waals surface area contributed by atoms with E-state index in [1.165, 1.54) is 11.3 Å². The Balaban J connectivity index is 2.71. The fraction of sp³-hybridized carbons (Fsp3) is 0.250. The fourth-order valence-corrected chi connectivity index (χ4v) is 1.56. The molecule has 2 N–H and O–H groups in total. The normalized spacial score (nSPS) is 14.1. The molecule has 0 aliphatic carbocycles. The van der Waals surface area contributed by atoms with E-state index in [4.69, 9.17) is 17.3 Å². The lowest BCUT2D eigenvalue weighted by Gasteiger charge is -1.93. The maximum Gasteiger partial charge on any atom is 0.100 e. The highest BCUT2D eigenvalue weighted by molar-refractivity contribution is 7.14. The lowest BCUT2D eigenvalue weighted by atomic mass is 10.2. The van der Waals surface area contributed by atoms with Crippen LogP contribution in [-0.2, 0) is 0 Å². The lowest BCUT2D eigenvalue weighted by Crippen LogP contribution is -2.09. The van der Waals surface area contributed by atoms with Crippen LogP contribution in [0, 0.1) is 0 Å². The van der Waals surface area contributed by atoms with Crippen molar-refractivity contribution in [2.24, 2.45) is 5.73 Å². The average Bonchev–Trinajstić information content (AvgIpc) is 2.31. The number of rotatable bonds is 2. The molecule has 1 unspecified atom stereocenters. The number of nitrogens with two attached hydrogens (primary N) is 1. The number of hydrogen-bond acceptors (Lipinski definition) is 2. The van der Waals surface area contributed by atoms with E-state index in [0.29, 0.717) is 0 Å². The first-order chi connectivity index (χ1) is 5.20. The molecule has 60 valence electrons. The van der Waals surface area contributed by atoms with Gasteiger partial charge in [0.1, 0.15) is 4.34 Å². The molecule has 1 aromatic rings. The molecule has 0 fully saturated rings. The van der Waals surface area contributed by atoms with Crippen LogP contribution in [0.25, 0.3) is 6.08 Å². The maximum absolute atomic E-state index is 5.85. The van der Waals surface area contributed by atoms with Crippen LogP contribution in [0.2, 0.25) is 4.34 Å². The van der Waals surface area contributed by atoms with E-state index < -0.39 is 0 Å². The predicted molar refractivity (Wildman–Crippen MR) is 52.0 cm³/mol. The predicted octanol–water partition coefficient (Wildman–Crippen LogP) is 2.76. The lowest BCUT2D eigenvalue weighted by molar-refractivity contribution is 0.931. The minimum absolute atomic E-state index is 0.0889. The minimum atomic E-state index is 0.0889. The Hall–Kier alpha value is -0.310. The molecule has 1 atom stereocenters. The first kappa shape index (κ1) is 8.78. The smallest absolute Gasteiger partial charge is 0.100 e. The van der Waals surface area contributed by atoms with Crippen LogP contribution in [0.5, 0.6) is 0 Å². The molecular weight excluding hydrogens is 178 g/mol. The first-order valence-electron chi connectivity index (χ1n) is 3.37. The molecule has 1 heterocycles. The summed E-state index contributed by atoms with van der Waals surface area (Å²) in [4.78, 5) is 0. The second kappa shape index (κ2) is 3.90. The van der Waals surface area contributed by atoms with Gasteiger partial charge in [-0.1, -0.05) is 23.8 Å². The molecule has 0 aliphatic rings. The van der Waals surface area contributed by atoms with Gasteiger partial charge in [0.25, 0.3) is 0 Å². The number of halogens is 1. The van der Waals surface area contributed by atoms with E-state index in [0.717, 1.165) is 9.90 Å². The Morgan fingerprint density at radius 1 is 1.73 bits per heavy atom. The Labute approximate surface area is 75.5 Å². The molecule has 0 amide bonds. The summed E-state index contributed by atoms with van der Waals surface area (Å²) in [6.07, 6.45) is 3.87. The molecule has 0 aliphatic heterocycles. The van der Waals surface area contributed by atoms with Gasteiger partial charge in [0.15, 0.2) is 0 Å². The Bertz CT molecular complexity index is 252. The van der Waals surface area contributed by atoms with Gasteiger partial charge >= 0.3 is 0 Å². The van der Waals surface area contributed by atoms with Gasteiger partial charge < -0.3 is 5.73 Å². The maximum atomic E-state index is 5.85. The molecule has 0 aromatic carbocycles. The van der Waals surface area contributed by atoms with E-state index in [2.05, 4.69) is 0 Å². The molecule has 0 spiro atoms. The zero-order valence-corrected chi connectivity index (χ0v) is 7.82. The van der Waals surface area contributed by atoms with Crippen LogP contribution < -0.4 is 5.73 Å². The van der Waals surface area contributed by atoms with Gasteiger partial charge in [0.05, 0.1) is 0 Å². The van der Waals surface area contributed by atoms with Crippen LogP contribution in [0.4, 0.5) is 0 Å². The second-order valence-electron chi connectivity index (χ2n) is 2.37. The third-order valence-corrected chi connectivity index (χ3v) is 2.43. The van der Waals surface area contributed by atoms with Crippen LogP contribution in [-0.4, -0.2) is 6.04 Å². The molecule has 0 saturated carbocycles. The van der Waals surface area contributed by atoms with Gasteiger partial charge in [0.2, 0.25) is 0 Å². The van der Waals surface area contributed by atoms with Crippen LogP contribution in [0.3, 0.4) is 0 Å². The summed E-state index contributed by atoms with van der Waals surface area (Å²) >= 11 is 7.38. The van der Waals surface area contributed by atoms with Gasteiger partial charge in [-0.25, -0.2) is 0 Å². The molecule has 1 rings (SSSR count). The summed E-state index contributed by atoms with van der Waals surface area (Å²) in [5.74, 6) is 0. The third-order valence-electron chi connectivity index (χ3n) is 1.23. The van der Waals surface area contributed by atoms with E-state index in [9.17, 15) is 0 Å². The molecule has 1 nitrogen and oxygen atoms in total. The van der Waals surface area contributed by atoms with Crippen LogP contribution in [0.1, 0.15) is 12.5 Å². The van der Waals surface area contributed by atoms with Gasteiger partial charge in [-0.15, -0.1) is 11.3 Å². The van der Waals surface area contributed by atoms with Crippen molar-refractivity contribution in [3.05, 3.63) is 27.4 Å². The quantitative estimate of drug-likeness (QED) is 0.757. The van der Waals surface area contributed by atoms with Gasteiger partial charge in [-0.2, -0.15) is 0 Å². The van der Waals surface area contributed by atoms with Crippen molar-refractivity contribution in [1.82, 2.24) is 0 Å². The largest absolute Gasteiger partial charge is 0.325 e. The standard InChI is InChI=1S/C8H10ClNS/c1-6(10)2-3-7-4-5-11-8(7)9/h2-6H,10H2,1H3/b3-2+. The van der Waals surface area contributed by atoms with Gasteiger partial charge in [-0.3, -0.25) is 0 Å². The highest BCUT2D eigenvalue weighted by Gasteiger charge is 1.95. The molecule has 11 heavy (non-hydrogen) atoms. The zero-order valence-electron chi connectivity index (χ0n) is 6.25. The summed E-state index contributed by atoms with van der Waals surface area (Å²) in [6, 6.07) is 2.07. The van der Waals surface area contributed by atoms with Crippen LogP contribution in [0.15, 0.2) is 17.5 Å². The summed E-state index contributed by atoms with van der Waals surface area (Å²) in [6.45, 7) is 1.93. The Morgan fingerprint density at radius 2 is 2.45 bits per heavy atom. The monoisotopic (exact) mass is 187 g/mol. The summed E-state index contributed by atoms with van der Waals surface area (Å²) in [7, 11) is 0. The minimum Gasteiger partial charge on any atom is -0.325 e. The SMILES string of the molecule is CC(N)/C=C/c1ccsc1Cl. The van der Waals surface area contributed by atoms with Crippen molar-refractivity contribution in [3.8, 4) is 0 Å². The van der Waals surface area contributed by atoms with E-state index in [1.54, 1.807) is 0 Å². The van der Waals surface area contributed by atoms with E-state index >= 15 is 0 Å². The van der Waals surface area contributed by atoms with Crippen molar-refractivity contribution < 1.29 is 0 Å². The third kappa shape index (κ3) is 2.66. The van der Waals surface area contributed by atoms with Crippen molar-refractivity contribution in [3.63, 3.8) is 0 Å². The summed E-state index contributed by atoms with van der Waals surface area (Å²) in [5.41, 5.74) is 6.58. The molecule has 0 bridgehead atoms. The summed E-state index contributed by atoms with van der Waals surface area (Å²) < 4.78 is 0.821. The molecular formula is C8H10ClNS. The van der Waals surface area contributed by atoms with E-state index in [1.807, 2.05) is 30.5 Å². The highest BCUT2D eigenvalue weighted by Crippen LogP contribution is 2.23. The fourth-order valence-electron chi connectivity index (χ4n) is 0.677. The van der Waals surface area contributed by atoms with Crippen molar-refractivity contribution in [2.45, 2.75) is 13.0 Å². The van der Waals surface area contributed by atoms with E-state index in [-0.39, 0.29) is 6.04 Å². The highest BCUT2D eigenvalue weighted by atomic mass is 35.5. The van der Waals surface area contributed by atoms with Crippen molar-refractivity contribution in [1.29, 1.82) is 0 Å². The van der Waals surface area contributed by atoms with Gasteiger partial charge in [0, 0.05) is 11.6 Å². The average molecular weight is 188 g/mol.